The zero-order valence-corrected chi connectivity index (χ0v) is 29.7. The van der Waals surface area contributed by atoms with Crippen molar-refractivity contribution in [2.24, 2.45) is 0 Å². The standard InChI is InChI=1S/C48H30.Y/c1-2-13-33(14-3-1)37-17-10-18-38(31-37)34-27-29-36(30-28-34)47-43-22-6-8-24-45(43)48(46-25-9-7-23-44(46)47)40-20-11-19-39(32-40)42-26-12-16-35-15-4-5-21-41(35)42;/h1-13,15-16,18-32H;/q-2;. The number of rotatable bonds is 5. The Morgan fingerprint density at radius 3 is 1.55 bits per heavy atom. The summed E-state index contributed by atoms with van der Waals surface area (Å²) in [7, 11) is 0. The summed E-state index contributed by atoms with van der Waals surface area (Å²) in [4.78, 5) is 0. The number of hydrogen-bond donors (Lipinski definition) is 0. The summed E-state index contributed by atoms with van der Waals surface area (Å²) in [5.74, 6) is 0. The minimum absolute atomic E-state index is 0. The van der Waals surface area contributed by atoms with Crippen LogP contribution in [0.2, 0.25) is 0 Å². The first kappa shape index (κ1) is 31.2. The first-order valence-corrected chi connectivity index (χ1v) is 16.4. The SMILES string of the molecule is [Y].[c-]1ccccc1-c1[c-]ccc(-c2ccc(-c3c4ccccc4c(-c4cccc(-c5cccc6ccccc56)c4)c4ccccc34)cc2)c1. The smallest absolute Gasteiger partial charge is 0 e. The molecule has 0 heterocycles. The average Bonchev–Trinajstić information content (AvgIpc) is 3.17. The average molecular weight is 696 g/mol. The first-order valence-electron chi connectivity index (χ1n) is 16.4. The fraction of sp³-hybridized carbons (Fsp3) is 0. The van der Waals surface area contributed by atoms with E-state index in [1.807, 2.05) is 24.3 Å². The minimum Gasteiger partial charge on any atom is -0.226 e. The van der Waals surface area contributed by atoms with E-state index >= 15 is 0 Å². The third kappa shape index (κ3) is 5.72. The largest absolute Gasteiger partial charge is 0.226 e. The van der Waals surface area contributed by atoms with Crippen molar-refractivity contribution in [3.05, 3.63) is 194 Å². The predicted octanol–water partition coefficient (Wildman–Crippen LogP) is 13.1. The van der Waals surface area contributed by atoms with Crippen LogP contribution in [-0.2, 0) is 32.7 Å². The van der Waals surface area contributed by atoms with Crippen LogP contribution in [-0.4, -0.2) is 0 Å². The Hall–Kier alpha value is -5.14. The van der Waals surface area contributed by atoms with Crippen molar-refractivity contribution in [3.8, 4) is 55.6 Å². The molecule has 0 saturated carbocycles. The molecule has 0 aliphatic carbocycles. The van der Waals surface area contributed by atoms with E-state index in [0.29, 0.717) is 0 Å². The Morgan fingerprint density at radius 2 is 0.857 bits per heavy atom. The normalized spacial score (nSPS) is 11.1. The molecule has 0 atom stereocenters. The molecule has 49 heavy (non-hydrogen) atoms. The predicted molar refractivity (Wildman–Crippen MR) is 204 cm³/mol. The quantitative estimate of drug-likeness (QED) is 0.124. The van der Waals surface area contributed by atoms with Crippen LogP contribution >= 0.6 is 0 Å². The molecule has 1 radical (unpaired) electrons. The van der Waals surface area contributed by atoms with Gasteiger partial charge >= 0.3 is 0 Å². The monoisotopic (exact) mass is 695 g/mol. The molecular weight excluding hydrogens is 665 g/mol. The van der Waals surface area contributed by atoms with Crippen molar-refractivity contribution < 1.29 is 32.7 Å². The Balaban J connectivity index is 0.00000348. The van der Waals surface area contributed by atoms with E-state index in [9.17, 15) is 0 Å². The van der Waals surface area contributed by atoms with Gasteiger partial charge in [0.05, 0.1) is 0 Å². The first-order chi connectivity index (χ1) is 23.8. The van der Waals surface area contributed by atoms with E-state index < -0.39 is 0 Å². The maximum absolute atomic E-state index is 3.38. The Bertz CT molecular complexity index is 2540. The topological polar surface area (TPSA) is 0 Å². The Kier molecular flexibility index (Phi) is 8.52. The van der Waals surface area contributed by atoms with E-state index in [4.69, 9.17) is 0 Å². The van der Waals surface area contributed by atoms with Gasteiger partial charge in [-0.25, -0.2) is 11.1 Å². The molecule has 0 fully saturated rings. The van der Waals surface area contributed by atoms with Crippen LogP contribution in [0.4, 0.5) is 0 Å². The van der Waals surface area contributed by atoms with Crippen molar-refractivity contribution in [2.45, 2.75) is 0 Å². The van der Waals surface area contributed by atoms with Gasteiger partial charge in [-0.15, -0.1) is 17.7 Å². The molecule has 0 unspecified atom stereocenters. The summed E-state index contributed by atoms with van der Waals surface area (Å²) >= 11 is 0. The number of benzene rings is 9. The molecule has 9 aromatic carbocycles. The molecule has 9 aromatic rings. The van der Waals surface area contributed by atoms with Gasteiger partial charge < -0.3 is 0 Å². The van der Waals surface area contributed by atoms with Crippen molar-refractivity contribution in [1.29, 1.82) is 0 Å². The molecule has 0 nitrogen and oxygen atoms in total. The van der Waals surface area contributed by atoms with Crippen LogP contribution in [0, 0.1) is 12.1 Å². The van der Waals surface area contributed by atoms with E-state index in [1.165, 1.54) is 76.8 Å². The summed E-state index contributed by atoms with van der Waals surface area (Å²) in [6.45, 7) is 0. The molecule has 227 valence electrons. The van der Waals surface area contributed by atoms with Gasteiger partial charge in [0.25, 0.3) is 0 Å². The van der Waals surface area contributed by atoms with Crippen LogP contribution in [0.5, 0.6) is 0 Å². The van der Waals surface area contributed by atoms with Crippen molar-refractivity contribution >= 4 is 32.3 Å². The third-order valence-corrected chi connectivity index (χ3v) is 9.49. The number of hydrogen-bond acceptors (Lipinski definition) is 0. The minimum atomic E-state index is 0. The molecular formula is C48H30Y-2. The molecule has 0 spiro atoms. The molecule has 0 saturated heterocycles. The summed E-state index contributed by atoms with van der Waals surface area (Å²) in [6, 6.07) is 72.2. The second kappa shape index (κ2) is 13.4. The zero-order chi connectivity index (χ0) is 31.9. The molecule has 0 N–H and O–H groups in total. The Morgan fingerprint density at radius 1 is 0.306 bits per heavy atom. The van der Waals surface area contributed by atoms with Gasteiger partial charge in [-0.2, -0.15) is 42.5 Å². The molecule has 0 amide bonds. The van der Waals surface area contributed by atoms with Gasteiger partial charge in [0.2, 0.25) is 0 Å². The van der Waals surface area contributed by atoms with Gasteiger partial charge in [-0.1, -0.05) is 133 Å². The number of fused-ring (bicyclic) bond motifs is 3. The van der Waals surface area contributed by atoms with E-state index in [-0.39, 0.29) is 32.7 Å². The van der Waals surface area contributed by atoms with Gasteiger partial charge in [-0.05, 0) is 77.3 Å². The van der Waals surface area contributed by atoms with Crippen LogP contribution in [0.15, 0.2) is 182 Å². The van der Waals surface area contributed by atoms with E-state index in [0.717, 1.165) is 11.1 Å². The molecule has 0 bridgehead atoms. The van der Waals surface area contributed by atoms with E-state index in [2.05, 4.69) is 170 Å². The second-order valence-electron chi connectivity index (χ2n) is 12.3. The van der Waals surface area contributed by atoms with Crippen LogP contribution in [0.25, 0.3) is 88.0 Å². The molecule has 0 aliphatic heterocycles. The van der Waals surface area contributed by atoms with Gasteiger partial charge in [-0.3, -0.25) is 0 Å². The molecule has 0 aromatic heterocycles. The van der Waals surface area contributed by atoms with Crippen molar-refractivity contribution in [2.75, 3.05) is 0 Å². The third-order valence-electron chi connectivity index (χ3n) is 9.49. The van der Waals surface area contributed by atoms with Crippen LogP contribution < -0.4 is 0 Å². The van der Waals surface area contributed by atoms with E-state index in [1.54, 1.807) is 0 Å². The Labute approximate surface area is 312 Å². The van der Waals surface area contributed by atoms with Crippen molar-refractivity contribution in [3.63, 3.8) is 0 Å². The fourth-order valence-electron chi connectivity index (χ4n) is 7.26. The maximum Gasteiger partial charge on any atom is 0 e. The van der Waals surface area contributed by atoms with Gasteiger partial charge in [0, 0.05) is 32.7 Å². The molecule has 9 rings (SSSR count). The van der Waals surface area contributed by atoms with Crippen LogP contribution in [0.3, 0.4) is 0 Å². The van der Waals surface area contributed by atoms with Gasteiger partial charge in [0.1, 0.15) is 0 Å². The summed E-state index contributed by atoms with van der Waals surface area (Å²) in [5, 5.41) is 7.55. The summed E-state index contributed by atoms with van der Waals surface area (Å²) < 4.78 is 0. The molecule has 0 aliphatic rings. The van der Waals surface area contributed by atoms with Gasteiger partial charge in [0.15, 0.2) is 0 Å². The second-order valence-corrected chi connectivity index (χ2v) is 12.3. The molecule has 1 heteroatoms. The summed E-state index contributed by atoms with van der Waals surface area (Å²) in [6.07, 6.45) is 0. The summed E-state index contributed by atoms with van der Waals surface area (Å²) in [5.41, 5.74) is 11.9. The van der Waals surface area contributed by atoms with Crippen LogP contribution in [0.1, 0.15) is 0 Å². The van der Waals surface area contributed by atoms with Crippen molar-refractivity contribution in [1.82, 2.24) is 0 Å². The maximum atomic E-state index is 3.38. The zero-order valence-electron chi connectivity index (χ0n) is 26.9. The fourth-order valence-corrected chi connectivity index (χ4v) is 7.26.